The van der Waals surface area contributed by atoms with Gasteiger partial charge in [-0.05, 0) is 35.9 Å². The summed E-state index contributed by atoms with van der Waals surface area (Å²) in [5, 5.41) is 28.2. The summed E-state index contributed by atoms with van der Waals surface area (Å²) >= 11 is 0. The summed E-state index contributed by atoms with van der Waals surface area (Å²) in [5.74, 6) is -4.26. The van der Waals surface area contributed by atoms with Gasteiger partial charge in [0.05, 0.1) is 23.5 Å². The summed E-state index contributed by atoms with van der Waals surface area (Å²) in [6.45, 7) is 0. The molecule has 0 saturated carbocycles. The van der Waals surface area contributed by atoms with Crippen LogP contribution < -0.4 is 0 Å². The van der Waals surface area contributed by atoms with Crippen LogP contribution in [0.5, 0.6) is 11.5 Å². The molecule has 5 nitrogen and oxygen atoms in total. The maximum Gasteiger partial charge on any atom is 0.416 e. The lowest BCUT2D eigenvalue weighted by Crippen LogP contribution is -2.17. The first-order chi connectivity index (χ1) is 11.6. The van der Waals surface area contributed by atoms with Gasteiger partial charge in [-0.2, -0.15) is 13.2 Å². The van der Waals surface area contributed by atoms with E-state index in [2.05, 4.69) is 0 Å². The van der Waals surface area contributed by atoms with Crippen LogP contribution in [-0.2, 0) is 11.0 Å². The van der Waals surface area contributed by atoms with E-state index in [1.165, 1.54) is 0 Å². The van der Waals surface area contributed by atoms with Crippen LogP contribution in [0.1, 0.15) is 33.8 Å². The number of carbonyl (C=O) groups is 2. The molecular weight excluding hydrogens is 341 g/mol. The van der Waals surface area contributed by atoms with Crippen LogP contribution in [-0.4, -0.2) is 27.1 Å². The average Bonchev–Trinajstić information content (AvgIpc) is 2.53. The molecule has 0 radical (unpaired) electrons. The number of rotatable bonds is 5. The quantitative estimate of drug-likeness (QED) is 0.564. The number of carboxylic acid groups (broad SMARTS) is 1. The van der Waals surface area contributed by atoms with Gasteiger partial charge in [-0.1, -0.05) is 12.1 Å². The molecule has 2 rings (SSSR count). The molecule has 8 heteroatoms. The number of hydrogen-bond acceptors (Lipinski definition) is 4. The van der Waals surface area contributed by atoms with Crippen LogP contribution in [0.2, 0.25) is 0 Å². The van der Waals surface area contributed by atoms with Crippen LogP contribution >= 0.6 is 0 Å². The Morgan fingerprint density at radius 2 is 1.60 bits per heavy atom. The Kier molecular flexibility index (Phi) is 5.01. The minimum Gasteiger partial charge on any atom is -0.508 e. The van der Waals surface area contributed by atoms with Crippen LogP contribution in [0.4, 0.5) is 13.2 Å². The first-order valence-electron chi connectivity index (χ1n) is 7.04. The highest BCUT2D eigenvalue weighted by Crippen LogP contribution is 2.33. The standard InChI is InChI=1S/C17H13F3O5/c18-17(19,20)10-3-1-9(2-4-10)12(8-15(23)24)16(25)13-7-11(21)5-6-14(13)22/h1-7,12,21-22H,8H2,(H,23,24). The summed E-state index contributed by atoms with van der Waals surface area (Å²) in [4.78, 5) is 23.6. The maximum atomic E-state index is 12.6. The van der Waals surface area contributed by atoms with E-state index in [4.69, 9.17) is 5.11 Å². The van der Waals surface area contributed by atoms with E-state index in [9.17, 15) is 33.0 Å². The molecule has 0 aliphatic rings. The normalized spacial score (nSPS) is 12.6. The molecule has 0 bridgehead atoms. The van der Waals surface area contributed by atoms with Gasteiger partial charge in [-0.15, -0.1) is 0 Å². The number of halogens is 3. The van der Waals surface area contributed by atoms with E-state index >= 15 is 0 Å². The molecule has 2 aromatic rings. The first-order valence-corrected chi connectivity index (χ1v) is 7.04. The van der Waals surface area contributed by atoms with Gasteiger partial charge < -0.3 is 15.3 Å². The number of carboxylic acids is 1. The fraction of sp³-hybridized carbons (Fsp3) is 0.176. The molecule has 0 spiro atoms. The average molecular weight is 354 g/mol. The number of carbonyl (C=O) groups excluding carboxylic acids is 1. The van der Waals surface area contributed by atoms with E-state index in [1.807, 2.05) is 0 Å². The van der Waals surface area contributed by atoms with Crippen molar-refractivity contribution < 1.29 is 38.1 Å². The number of ketones is 1. The predicted octanol–water partition coefficient (Wildman–Crippen LogP) is 3.56. The Hall–Kier alpha value is -3.03. The maximum absolute atomic E-state index is 12.6. The van der Waals surface area contributed by atoms with Crippen molar-refractivity contribution in [2.45, 2.75) is 18.5 Å². The van der Waals surface area contributed by atoms with Crippen LogP contribution in [0.25, 0.3) is 0 Å². The number of Topliss-reactive ketones (excluding diaryl/α,β-unsaturated/α-hetero) is 1. The Morgan fingerprint density at radius 1 is 1.00 bits per heavy atom. The molecule has 3 N–H and O–H groups in total. The molecule has 132 valence electrons. The summed E-state index contributed by atoms with van der Waals surface area (Å²) in [6, 6.07) is 6.71. The summed E-state index contributed by atoms with van der Waals surface area (Å²) in [5.41, 5.74) is -1.19. The van der Waals surface area contributed by atoms with Gasteiger partial charge in [0, 0.05) is 0 Å². The lowest BCUT2D eigenvalue weighted by molar-refractivity contribution is -0.138. The van der Waals surface area contributed by atoms with Crippen molar-refractivity contribution in [1.82, 2.24) is 0 Å². The van der Waals surface area contributed by atoms with Crippen molar-refractivity contribution in [3.8, 4) is 11.5 Å². The van der Waals surface area contributed by atoms with Gasteiger partial charge in [0.25, 0.3) is 0 Å². The molecule has 1 unspecified atom stereocenters. The molecule has 0 aliphatic carbocycles. The zero-order valence-electron chi connectivity index (χ0n) is 12.6. The minimum absolute atomic E-state index is 0.0585. The minimum atomic E-state index is -4.56. The number of benzene rings is 2. The van der Waals surface area contributed by atoms with E-state index < -0.39 is 41.6 Å². The highest BCUT2D eigenvalue weighted by molar-refractivity contribution is 6.04. The van der Waals surface area contributed by atoms with E-state index in [-0.39, 0.29) is 16.9 Å². The number of phenolic OH excluding ortho intramolecular Hbond substituents is 2. The number of aliphatic carboxylic acids is 1. The Labute approximate surface area is 140 Å². The second-order valence-corrected chi connectivity index (χ2v) is 5.34. The smallest absolute Gasteiger partial charge is 0.416 e. The predicted molar refractivity (Wildman–Crippen MR) is 80.5 cm³/mol. The molecule has 0 saturated heterocycles. The van der Waals surface area contributed by atoms with Gasteiger partial charge in [0.2, 0.25) is 0 Å². The van der Waals surface area contributed by atoms with Crippen molar-refractivity contribution in [3.63, 3.8) is 0 Å². The fourth-order valence-corrected chi connectivity index (χ4v) is 2.35. The van der Waals surface area contributed by atoms with E-state index in [0.29, 0.717) is 0 Å². The van der Waals surface area contributed by atoms with Crippen molar-refractivity contribution in [3.05, 3.63) is 59.2 Å². The van der Waals surface area contributed by atoms with Crippen LogP contribution in [0.3, 0.4) is 0 Å². The van der Waals surface area contributed by atoms with Gasteiger partial charge in [0.1, 0.15) is 11.5 Å². The topological polar surface area (TPSA) is 94.8 Å². The number of alkyl halides is 3. The zero-order chi connectivity index (χ0) is 18.8. The Balaban J connectivity index is 2.44. The van der Waals surface area contributed by atoms with Crippen LogP contribution in [0, 0.1) is 0 Å². The second-order valence-electron chi connectivity index (χ2n) is 5.34. The van der Waals surface area contributed by atoms with Gasteiger partial charge in [-0.25, -0.2) is 0 Å². The van der Waals surface area contributed by atoms with Crippen molar-refractivity contribution in [2.75, 3.05) is 0 Å². The Morgan fingerprint density at radius 3 is 2.12 bits per heavy atom. The third-order valence-electron chi connectivity index (χ3n) is 3.58. The van der Waals surface area contributed by atoms with Crippen molar-refractivity contribution in [1.29, 1.82) is 0 Å². The molecule has 0 amide bonds. The highest BCUT2D eigenvalue weighted by Gasteiger charge is 2.32. The summed E-state index contributed by atoms with van der Waals surface area (Å²) < 4.78 is 37.9. The number of phenols is 2. The molecule has 2 aromatic carbocycles. The molecule has 1 atom stereocenters. The first kappa shape index (κ1) is 18.3. The molecule has 0 aromatic heterocycles. The lowest BCUT2D eigenvalue weighted by Gasteiger charge is -2.16. The van der Waals surface area contributed by atoms with Crippen LogP contribution in [0.15, 0.2) is 42.5 Å². The second kappa shape index (κ2) is 6.84. The third-order valence-corrected chi connectivity index (χ3v) is 3.58. The highest BCUT2D eigenvalue weighted by atomic mass is 19.4. The van der Waals surface area contributed by atoms with Crippen molar-refractivity contribution >= 4 is 11.8 Å². The molecule has 0 heterocycles. The number of aromatic hydroxyl groups is 2. The van der Waals surface area contributed by atoms with Crippen molar-refractivity contribution in [2.24, 2.45) is 0 Å². The van der Waals surface area contributed by atoms with Gasteiger partial charge in [-0.3, -0.25) is 9.59 Å². The summed E-state index contributed by atoms with van der Waals surface area (Å²) in [6.07, 6.45) is -5.24. The molecular formula is C17H13F3O5. The SMILES string of the molecule is O=C(O)CC(C(=O)c1cc(O)ccc1O)c1ccc(C(F)(F)F)cc1. The zero-order valence-corrected chi connectivity index (χ0v) is 12.6. The van der Waals surface area contributed by atoms with Gasteiger partial charge in [0.15, 0.2) is 5.78 Å². The summed E-state index contributed by atoms with van der Waals surface area (Å²) in [7, 11) is 0. The monoisotopic (exact) mass is 354 g/mol. The van der Waals surface area contributed by atoms with Gasteiger partial charge >= 0.3 is 12.1 Å². The largest absolute Gasteiger partial charge is 0.508 e. The van der Waals surface area contributed by atoms with E-state index in [0.717, 1.165) is 42.5 Å². The third kappa shape index (κ3) is 4.28. The molecule has 25 heavy (non-hydrogen) atoms. The fourth-order valence-electron chi connectivity index (χ4n) is 2.35. The number of hydrogen-bond donors (Lipinski definition) is 3. The molecule has 0 fully saturated rings. The molecule has 0 aliphatic heterocycles. The van der Waals surface area contributed by atoms with E-state index in [1.54, 1.807) is 0 Å². The Bertz CT molecular complexity index is 797. The lowest BCUT2D eigenvalue weighted by atomic mass is 9.87.